The van der Waals surface area contributed by atoms with Gasteiger partial charge in [0.05, 0.1) is 18.0 Å². The minimum Gasteiger partial charge on any atom is -0.284 e. The summed E-state index contributed by atoms with van der Waals surface area (Å²) >= 11 is 1.55. The van der Waals surface area contributed by atoms with E-state index in [0.29, 0.717) is 11.7 Å². The van der Waals surface area contributed by atoms with Crippen LogP contribution in [0.15, 0.2) is 52.7 Å². The van der Waals surface area contributed by atoms with E-state index in [1.807, 2.05) is 12.1 Å². The van der Waals surface area contributed by atoms with Crippen LogP contribution < -0.4 is 0 Å². The van der Waals surface area contributed by atoms with Crippen molar-refractivity contribution in [3.05, 3.63) is 70.3 Å². The molecule has 2 aromatic rings. The molecule has 1 saturated heterocycles. The molecule has 1 aliphatic rings. The topological polar surface area (TPSA) is 45.0 Å². The van der Waals surface area contributed by atoms with Crippen molar-refractivity contribution in [2.75, 3.05) is 0 Å². The summed E-state index contributed by atoms with van der Waals surface area (Å²) in [5, 5.41) is 9.41. The lowest BCUT2D eigenvalue weighted by Crippen LogP contribution is -2.31. The zero-order valence-corrected chi connectivity index (χ0v) is 18.5. The lowest BCUT2D eigenvalue weighted by molar-refractivity contribution is -0.126. The average molecular weight is 408 g/mol. The van der Waals surface area contributed by atoms with E-state index in [4.69, 9.17) is 0 Å². The molecule has 1 fully saturated rings. The van der Waals surface area contributed by atoms with Crippen molar-refractivity contribution in [2.24, 2.45) is 10.2 Å². The number of amides is 1. The lowest BCUT2D eigenvalue weighted by Gasteiger charge is -2.17. The number of hydrogen-bond acceptors (Lipinski definition) is 4. The third-order valence-corrected chi connectivity index (χ3v) is 6.43. The number of rotatable bonds is 7. The van der Waals surface area contributed by atoms with Crippen LogP contribution in [0.25, 0.3) is 0 Å². The third-order valence-electron chi connectivity index (χ3n) is 5.20. The van der Waals surface area contributed by atoms with Gasteiger partial charge in [0.1, 0.15) is 0 Å². The van der Waals surface area contributed by atoms with Gasteiger partial charge in [-0.1, -0.05) is 79.6 Å². The molecule has 0 bridgehead atoms. The van der Waals surface area contributed by atoms with Crippen LogP contribution in [0.4, 0.5) is 0 Å². The Morgan fingerprint density at radius 3 is 2.62 bits per heavy atom. The van der Waals surface area contributed by atoms with Crippen molar-refractivity contribution < 1.29 is 4.79 Å². The van der Waals surface area contributed by atoms with Crippen molar-refractivity contribution in [2.45, 2.75) is 58.8 Å². The van der Waals surface area contributed by atoms with Crippen LogP contribution in [-0.4, -0.2) is 27.4 Å². The van der Waals surface area contributed by atoms with E-state index in [2.05, 4.69) is 68.2 Å². The molecule has 29 heavy (non-hydrogen) atoms. The van der Waals surface area contributed by atoms with Gasteiger partial charge in [-0.3, -0.25) is 9.69 Å². The Hall–Kier alpha value is -2.40. The predicted octanol–water partition coefficient (Wildman–Crippen LogP) is 5.64. The number of carbonyl (C=O) groups excluding carboxylic acids is 1. The highest BCUT2D eigenvalue weighted by molar-refractivity contribution is 8.15. The highest BCUT2D eigenvalue weighted by Gasteiger charge is 2.37. The molecule has 1 heterocycles. The van der Waals surface area contributed by atoms with E-state index in [0.717, 1.165) is 30.4 Å². The summed E-state index contributed by atoms with van der Waals surface area (Å²) in [6, 6.07) is 14.4. The number of amidine groups is 1. The molecule has 0 unspecified atom stereocenters. The largest absolute Gasteiger partial charge is 0.284 e. The summed E-state index contributed by atoms with van der Waals surface area (Å²) in [4.78, 5) is 14.8. The van der Waals surface area contributed by atoms with Gasteiger partial charge in [-0.05, 0) is 49.4 Å². The lowest BCUT2D eigenvalue weighted by atomic mass is 10.1. The Kier molecular flexibility index (Phi) is 7.26. The second-order valence-corrected chi connectivity index (χ2v) is 8.76. The van der Waals surface area contributed by atoms with Gasteiger partial charge in [0.25, 0.3) is 0 Å². The summed E-state index contributed by atoms with van der Waals surface area (Å²) in [6.07, 6.45) is 4.78. The number of nitrogens with zero attached hydrogens (tertiary/aromatic N) is 3. The fourth-order valence-corrected chi connectivity index (χ4v) is 4.52. The van der Waals surface area contributed by atoms with Gasteiger partial charge in [0.2, 0.25) is 5.91 Å². The summed E-state index contributed by atoms with van der Waals surface area (Å²) in [6.45, 7) is 8.92. The molecule has 4 nitrogen and oxygen atoms in total. The monoisotopic (exact) mass is 407 g/mol. The van der Waals surface area contributed by atoms with Gasteiger partial charge in [-0.25, -0.2) is 0 Å². The van der Waals surface area contributed by atoms with Crippen LogP contribution in [0.5, 0.6) is 0 Å². The maximum Gasteiger partial charge on any atom is 0.242 e. The zero-order chi connectivity index (χ0) is 20.8. The Bertz CT molecular complexity index is 935. The molecule has 1 atom stereocenters. The third kappa shape index (κ3) is 5.36. The molecule has 5 heteroatoms. The minimum absolute atomic E-state index is 0.0611. The Morgan fingerprint density at radius 2 is 1.90 bits per heavy atom. The first-order valence-electron chi connectivity index (χ1n) is 10.2. The zero-order valence-electron chi connectivity index (χ0n) is 17.7. The average Bonchev–Trinajstić information content (AvgIpc) is 2.99. The fraction of sp³-hybridized carbons (Fsp3) is 0.375. The molecule has 2 aromatic carbocycles. The first-order chi connectivity index (χ1) is 14.0. The van der Waals surface area contributed by atoms with E-state index in [9.17, 15) is 4.79 Å². The normalized spacial score (nSPS) is 18.3. The number of hydrogen-bond donors (Lipinski definition) is 0. The maximum absolute atomic E-state index is 13.0. The molecule has 152 valence electrons. The molecule has 0 aromatic heterocycles. The predicted molar refractivity (Wildman–Crippen MR) is 124 cm³/mol. The molecule has 0 aliphatic carbocycles. The van der Waals surface area contributed by atoms with Crippen LogP contribution in [0, 0.1) is 20.8 Å². The number of aryl methyl sites for hydroxylation is 3. The summed E-state index contributed by atoms with van der Waals surface area (Å²) in [7, 11) is 0. The second-order valence-electron chi connectivity index (χ2n) is 7.59. The second kappa shape index (κ2) is 9.88. The van der Waals surface area contributed by atoms with Crippen LogP contribution in [-0.2, 0) is 11.3 Å². The molecule has 1 aliphatic heterocycles. The smallest absolute Gasteiger partial charge is 0.242 e. The SMILES string of the molecule is CCCC[C@@H]1S/C(=N\N=C/c2ccc(C)cc2C)N(Cc2ccccc2C)C1=O. The number of thioether (sulfide) groups is 1. The molecule has 0 spiro atoms. The molecular formula is C24H29N3OS. The van der Waals surface area contributed by atoms with Crippen LogP contribution >= 0.6 is 11.8 Å². The highest BCUT2D eigenvalue weighted by Crippen LogP contribution is 2.32. The molecule has 0 saturated carbocycles. The van der Waals surface area contributed by atoms with Crippen LogP contribution in [0.3, 0.4) is 0 Å². The van der Waals surface area contributed by atoms with E-state index >= 15 is 0 Å². The summed E-state index contributed by atoms with van der Waals surface area (Å²) < 4.78 is 0. The van der Waals surface area contributed by atoms with E-state index in [-0.39, 0.29) is 11.2 Å². The standard InChI is InChI=1S/C24H29N3OS/c1-5-6-11-22-23(28)27(16-21-10-8-7-9-18(21)3)24(29-22)26-25-15-20-13-12-17(2)14-19(20)4/h7-10,12-15,22H,5-6,11,16H2,1-4H3/b25-15-,26-24-/t22-/m0/s1. The molecule has 0 radical (unpaired) electrons. The molecular weight excluding hydrogens is 378 g/mol. The Labute approximate surface area is 178 Å². The maximum atomic E-state index is 13.0. The van der Waals surface area contributed by atoms with Crippen molar-refractivity contribution in [1.82, 2.24) is 4.90 Å². The van der Waals surface area contributed by atoms with Gasteiger partial charge in [0, 0.05) is 0 Å². The van der Waals surface area contributed by atoms with Gasteiger partial charge < -0.3 is 0 Å². The highest BCUT2D eigenvalue weighted by atomic mass is 32.2. The van der Waals surface area contributed by atoms with E-state index in [1.165, 1.54) is 16.7 Å². The van der Waals surface area contributed by atoms with Crippen molar-refractivity contribution >= 4 is 29.1 Å². The van der Waals surface area contributed by atoms with Crippen molar-refractivity contribution in [3.63, 3.8) is 0 Å². The van der Waals surface area contributed by atoms with E-state index < -0.39 is 0 Å². The van der Waals surface area contributed by atoms with Crippen molar-refractivity contribution in [3.8, 4) is 0 Å². The molecule has 1 amide bonds. The first kappa shape index (κ1) is 21.3. The summed E-state index contributed by atoms with van der Waals surface area (Å²) in [5.41, 5.74) is 5.76. The van der Waals surface area contributed by atoms with Gasteiger partial charge >= 0.3 is 0 Å². The minimum atomic E-state index is -0.0611. The van der Waals surface area contributed by atoms with Gasteiger partial charge in [-0.2, -0.15) is 5.10 Å². The quantitative estimate of drug-likeness (QED) is 0.441. The van der Waals surface area contributed by atoms with Gasteiger partial charge in [0.15, 0.2) is 5.17 Å². The Balaban J connectivity index is 1.84. The first-order valence-corrected chi connectivity index (χ1v) is 11.1. The van der Waals surface area contributed by atoms with E-state index in [1.54, 1.807) is 22.9 Å². The van der Waals surface area contributed by atoms with Crippen molar-refractivity contribution in [1.29, 1.82) is 0 Å². The summed E-state index contributed by atoms with van der Waals surface area (Å²) in [5.74, 6) is 0.146. The number of unbranched alkanes of at least 4 members (excludes halogenated alkanes) is 1. The number of carbonyl (C=O) groups is 1. The number of benzene rings is 2. The van der Waals surface area contributed by atoms with Gasteiger partial charge in [-0.15, -0.1) is 5.10 Å². The van der Waals surface area contributed by atoms with Crippen LogP contribution in [0.2, 0.25) is 0 Å². The molecule has 3 rings (SSSR count). The van der Waals surface area contributed by atoms with Crippen LogP contribution in [0.1, 0.15) is 54.0 Å². The molecule has 0 N–H and O–H groups in total. The Morgan fingerprint density at radius 1 is 1.10 bits per heavy atom. The fourth-order valence-electron chi connectivity index (χ4n) is 3.37.